The van der Waals surface area contributed by atoms with Gasteiger partial charge in [-0.2, -0.15) is 0 Å². The number of thiophene rings is 1. The summed E-state index contributed by atoms with van der Waals surface area (Å²) in [5, 5.41) is 5.18. The van der Waals surface area contributed by atoms with Gasteiger partial charge in [0.05, 0.1) is 12.6 Å². The number of rotatable bonds is 7. The second-order valence-electron chi connectivity index (χ2n) is 5.52. The van der Waals surface area contributed by atoms with Crippen LogP contribution in [0, 0.1) is 5.82 Å². The summed E-state index contributed by atoms with van der Waals surface area (Å²) in [5.74, 6) is 0.185. The number of likely N-dealkylation sites (N-methyl/N-ethyl adjacent to an activating group) is 1. The van der Waals surface area contributed by atoms with Crippen LogP contribution in [0.25, 0.3) is 0 Å². The van der Waals surface area contributed by atoms with Gasteiger partial charge < -0.3 is 16.0 Å². The van der Waals surface area contributed by atoms with Gasteiger partial charge in [-0.25, -0.2) is 4.39 Å². The van der Waals surface area contributed by atoms with E-state index in [1.165, 1.54) is 10.9 Å². The van der Waals surface area contributed by atoms with Crippen LogP contribution in [0.3, 0.4) is 0 Å². The Balaban J connectivity index is 1.89. The highest BCUT2D eigenvalue weighted by molar-refractivity contribution is 7.09. The number of halogens is 1. The van der Waals surface area contributed by atoms with Gasteiger partial charge in [0.15, 0.2) is 5.96 Å². The van der Waals surface area contributed by atoms with Crippen LogP contribution in [0.15, 0.2) is 46.8 Å². The zero-order chi connectivity index (χ0) is 16.7. The van der Waals surface area contributed by atoms with Gasteiger partial charge in [-0.1, -0.05) is 18.2 Å². The summed E-state index contributed by atoms with van der Waals surface area (Å²) < 4.78 is 13.4. The van der Waals surface area contributed by atoms with Gasteiger partial charge in [0.1, 0.15) is 5.82 Å². The molecule has 1 atom stereocenters. The molecule has 0 aliphatic heterocycles. The molecule has 0 aliphatic carbocycles. The van der Waals surface area contributed by atoms with Crippen LogP contribution in [0.2, 0.25) is 0 Å². The highest BCUT2D eigenvalue weighted by Crippen LogP contribution is 2.19. The van der Waals surface area contributed by atoms with E-state index in [-0.39, 0.29) is 11.9 Å². The minimum atomic E-state index is -0.236. The zero-order valence-corrected chi connectivity index (χ0v) is 14.3. The number of nitrogens with one attached hydrogen (secondary N) is 1. The Kier molecular flexibility index (Phi) is 6.55. The first kappa shape index (κ1) is 17.4. The molecule has 4 nitrogen and oxygen atoms in total. The Labute approximate surface area is 140 Å². The second-order valence-corrected chi connectivity index (χ2v) is 6.55. The van der Waals surface area contributed by atoms with E-state index in [4.69, 9.17) is 5.73 Å². The standard InChI is InChI=1S/C17H23FN4S/c1-22(2)16(13-5-3-6-14(18)11-13)12-21-17(19)20-9-8-15-7-4-10-23-15/h3-7,10-11,16H,8-9,12H2,1-2H3,(H3,19,20,21). The minimum Gasteiger partial charge on any atom is -0.370 e. The predicted octanol–water partition coefficient (Wildman–Crippen LogP) is 2.64. The maximum absolute atomic E-state index is 13.4. The average Bonchev–Trinajstić information content (AvgIpc) is 3.00. The van der Waals surface area contributed by atoms with E-state index in [1.54, 1.807) is 23.5 Å². The molecule has 2 aromatic rings. The first-order valence-corrected chi connectivity index (χ1v) is 8.42. The number of nitrogens with zero attached hydrogens (tertiary/aromatic N) is 2. The topological polar surface area (TPSA) is 53.6 Å². The van der Waals surface area contributed by atoms with Gasteiger partial charge in [0, 0.05) is 11.4 Å². The molecule has 1 aromatic carbocycles. The summed E-state index contributed by atoms with van der Waals surface area (Å²) in [5.41, 5.74) is 6.81. The summed E-state index contributed by atoms with van der Waals surface area (Å²) in [6, 6.07) is 10.7. The van der Waals surface area contributed by atoms with Crippen LogP contribution in [0.1, 0.15) is 16.5 Å². The minimum absolute atomic E-state index is 0.0108. The third-order valence-electron chi connectivity index (χ3n) is 3.55. The Hall–Kier alpha value is -1.92. The zero-order valence-electron chi connectivity index (χ0n) is 13.5. The highest BCUT2D eigenvalue weighted by atomic mass is 32.1. The Bertz CT molecular complexity index is 625. The fraction of sp³-hybridized carbons (Fsp3) is 0.353. The van der Waals surface area contributed by atoms with E-state index in [1.807, 2.05) is 31.1 Å². The number of hydrogen-bond acceptors (Lipinski definition) is 3. The maximum Gasteiger partial charge on any atom is 0.188 e. The molecule has 3 N–H and O–H groups in total. The lowest BCUT2D eigenvalue weighted by Gasteiger charge is -2.23. The van der Waals surface area contributed by atoms with Crippen LogP contribution in [-0.4, -0.2) is 38.0 Å². The summed E-state index contributed by atoms with van der Waals surface area (Å²) in [6.07, 6.45) is 0.925. The van der Waals surface area contributed by atoms with Crippen LogP contribution < -0.4 is 11.1 Å². The van der Waals surface area contributed by atoms with Crippen molar-refractivity contribution in [1.82, 2.24) is 10.2 Å². The van der Waals surface area contributed by atoms with Crippen molar-refractivity contribution < 1.29 is 4.39 Å². The number of nitrogens with two attached hydrogens (primary N) is 1. The van der Waals surface area contributed by atoms with E-state index >= 15 is 0 Å². The SMILES string of the molecule is CN(C)C(CN=C(N)NCCc1cccs1)c1cccc(F)c1. The molecule has 0 saturated carbocycles. The number of hydrogen-bond donors (Lipinski definition) is 2. The van der Waals surface area contributed by atoms with E-state index < -0.39 is 0 Å². The van der Waals surface area contributed by atoms with Crippen molar-refractivity contribution >= 4 is 17.3 Å². The van der Waals surface area contributed by atoms with Gasteiger partial charge in [-0.15, -0.1) is 11.3 Å². The number of guanidine groups is 1. The molecule has 0 aliphatic rings. The van der Waals surface area contributed by atoms with Crippen molar-refractivity contribution in [2.45, 2.75) is 12.5 Å². The molecule has 6 heteroatoms. The van der Waals surface area contributed by atoms with Gasteiger partial charge in [-0.3, -0.25) is 4.99 Å². The lowest BCUT2D eigenvalue weighted by atomic mass is 10.1. The monoisotopic (exact) mass is 334 g/mol. The first-order valence-electron chi connectivity index (χ1n) is 7.54. The van der Waals surface area contributed by atoms with Gasteiger partial charge in [0.25, 0.3) is 0 Å². The first-order chi connectivity index (χ1) is 11.1. The molecule has 1 aromatic heterocycles. The quantitative estimate of drug-likeness (QED) is 0.604. The molecule has 1 heterocycles. The Morgan fingerprint density at radius 1 is 1.35 bits per heavy atom. The lowest BCUT2D eigenvalue weighted by Crippen LogP contribution is -2.34. The molecule has 0 radical (unpaired) electrons. The molecule has 0 spiro atoms. The second kappa shape index (κ2) is 8.64. The Morgan fingerprint density at radius 3 is 2.83 bits per heavy atom. The predicted molar refractivity (Wildman–Crippen MR) is 95.3 cm³/mol. The van der Waals surface area contributed by atoms with Crippen LogP contribution in [0.4, 0.5) is 4.39 Å². The largest absolute Gasteiger partial charge is 0.370 e. The molecule has 0 bridgehead atoms. The van der Waals surface area contributed by atoms with Crippen LogP contribution >= 0.6 is 11.3 Å². The third kappa shape index (κ3) is 5.65. The van der Waals surface area contributed by atoms with Gasteiger partial charge in [-0.05, 0) is 49.7 Å². The molecule has 0 saturated heterocycles. The molecular weight excluding hydrogens is 311 g/mol. The fourth-order valence-electron chi connectivity index (χ4n) is 2.29. The number of aliphatic imine (C=N–C) groups is 1. The van der Waals surface area contributed by atoms with Crippen molar-refractivity contribution in [1.29, 1.82) is 0 Å². The molecule has 0 amide bonds. The third-order valence-corrected chi connectivity index (χ3v) is 4.49. The van der Waals surface area contributed by atoms with Gasteiger partial charge in [0.2, 0.25) is 0 Å². The average molecular weight is 334 g/mol. The van der Waals surface area contributed by atoms with Crippen molar-refractivity contribution in [3.63, 3.8) is 0 Å². The van der Waals surface area contributed by atoms with Crippen LogP contribution in [0.5, 0.6) is 0 Å². The fourth-order valence-corrected chi connectivity index (χ4v) is 3.00. The van der Waals surface area contributed by atoms with Crippen molar-refractivity contribution in [2.75, 3.05) is 27.2 Å². The van der Waals surface area contributed by atoms with Gasteiger partial charge >= 0.3 is 0 Å². The molecule has 0 fully saturated rings. The molecule has 124 valence electrons. The molecule has 1 unspecified atom stereocenters. The smallest absolute Gasteiger partial charge is 0.188 e. The summed E-state index contributed by atoms with van der Waals surface area (Å²) in [4.78, 5) is 7.72. The van der Waals surface area contributed by atoms with Crippen molar-refractivity contribution in [3.8, 4) is 0 Å². The number of benzene rings is 1. The summed E-state index contributed by atoms with van der Waals surface area (Å²) >= 11 is 1.73. The lowest BCUT2D eigenvalue weighted by molar-refractivity contribution is 0.305. The molecule has 2 rings (SSSR count). The molecular formula is C17H23FN4S. The summed E-state index contributed by atoms with van der Waals surface area (Å²) in [6.45, 7) is 1.23. The Morgan fingerprint density at radius 2 is 2.17 bits per heavy atom. The van der Waals surface area contributed by atoms with Crippen molar-refractivity contribution in [3.05, 3.63) is 58.0 Å². The van der Waals surface area contributed by atoms with E-state index in [2.05, 4.69) is 21.8 Å². The van der Waals surface area contributed by atoms with E-state index in [9.17, 15) is 4.39 Å². The van der Waals surface area contributed by atoms with Crippen molar-refractivity contribution in [2.24, 2.45) is 10.7 Å². The summed E-state index contributed by atoms with van der Waals surface area (Å²) in [7, 11) is 3.90. The highest BCUT2D eigenvalue weighted by Gasteiger charge is 2.14. The maximum atomic E-state index is 13.4. The van der Waals surface area contributed by atoms with E-state index in [0.29, 0.717) is 12.5 Å². The van der Waals surface area contributed by atoms with E-state index in [0.717, 1.165) is 18.5 Å². The normalized spacial score (nSPS) is 13.3. The van der Waals surface area contributed by atoms with Crippen LogP contribution in [-0.2, 0) is 6.42 Å². The molecule has 23 heavy (non-hydrogen) atoms.